The molecule has 1 amide bonds. The first kappa shape index (κ1) is 17.3. The van der Waals surface area contributed by atoms with Gasteiger partial charge in [0.05, 0.1) is 25.3 Å². The highest BCUT2D eigenvalue weighted by Crippen LogP contribution is 2.30. The second kappa shape index (κ2) is 8.02. The molecule has 2 aromatic rings. The molecule has 2 heterocycles. The molecule has 2 atom stereocenters. The zero-order chi connectivity index (χ0) is 17.6. The molecule has 25 heavy (non-hydrogen) atoms. The smallest absolute Gasteiger partial charge is 0.236 e. The lowest BCUT2D eigenvalue weighted by Crippen LogP contribution is -2.47. The third-order valence-corrected chi connectivity index (χ3v) is 4.02. The molecule has 2 N–H and O–H groups in total. The Balaban J connectivity index is 1.37. The minimum absolute atomic E-state index is 0.0564. The van der Waals surface area contributed by atoms with Gasteiger partial charge in [-0.25, -0.2) is 0 Å². The largest absolute Gasteiger partial charge is 0.486 e. The molecule has 3 rings (SSSR count). The molecule has 0 saturated heterocycles. The van der Waals surface area contributed by atoms with Crippen molar-refractivity contribution < 1.29 is 14.3 Å². The molecular formula is C18H24N4O3. The quantitative estimate of drug-likeness (QED) is 0.787. The molecule has 1 aliphatic heterocycles. The molecule has 0 fully saturated rings. The average Bonchev–Trinajstić information content (AvgIpc) is 3.04. The number of nitrogens with zero attached hydrogens (tertiary/aromatic N) is 2. The molecule has 0 aliphatic carbocycles. The molecule has 134 valence electrons. The molecular weight excluding hydrogens is 320 g/mol. The third-order valence-electron chi connectivity index (χ3n) is 4.02. The molecule has 0 unspecified atom stereocenters. The van der Waals surface area contributed by atoms with E-state index in [1.54, 1.807) is 0 Å². The molecule has 0 spiro atoms. The Kier molecular flexibility index (Phi) is 5.55. The summed E-state index contributed by atoms with van der Waals surface area (Å²) in [6, 6.07) is 7.26. The lowest BCUT2D eigenvalue weighted by atomic mass is 10.2. The number of carbonyl (C=O) groups is 1. The number of para-hydroxylation sites is 2. The first-order valence-corrected chi connectivity index (χ1v) is 8.50. The van der Waals surface area contributed by atoms with Crippen molar-refractivity contribution in [1.82, 2.24) is 20.4 Å². The third kappa shape index (κ3) is 4.73. The Morgan fingerprint density at radius 2 is 2.20 bits per heavy atom. The monoisotopic (exact) mass is 344 g/mol. The van der Waals surface area contributed by atoms with Crippen molar-refractivity contribution >= 4 is 5.91 Å². The van der Waals surface area contributed by atoms with E-state index >= 15 is 0 Å². The standard InChI is InChI=1S/C18H24N4O3/c1-13-9-21-22(11-13)8-7-19-14(2)18(23)20-10-15-12-24-16-5-3-4-6-17(16)25-15/h3-6,9,11,14-15,19H,7-8,10,12H2,1-2H3,(H,20,23)/t14-,15-/m1/s1. The predicted octanol–water partition coefficient (Wildman–Crippen LogP) is 1.13. The van der Waals surface area contributed by atoms with Crippen LogP contribution in [0.15, 0.2) is 36.7 Å². The van der Waals surface area contributed by atoms with Crippen LogP contribution >= 0.6 is 0 Å². The topological polar surface area (TPSA) is 77.4 Å². The van der Waals surface area contributed by atoms with E-state index in [1.165, 1.54) is 0 Å². The maximum absolute atomic E-state index is 12.2. The number of aromatic nitrogens is 2. The molecule has 1 aromatic heterocycles. The van der Waals surface area contributed by atoms with Gasteiger partial charge in [0.15, 0.2) is 11.5 Å². The van der Waals surface area contributed by atoms with Crippen molar-refractivity contribution in [2.75, 3.05) is 19.7 Å². The van der Waals surface area contributed by atoms with Gasteiger partial charge < -0.3 is 20.1 Å². The van der Waals surface area contributed by atoms with E-state index in [1.807, 2.05) is 55.2 Å². The first-order valence-electron chi connectivity index (χ1n) is 8.50. The fraction of sp³-hybridized carbons (Fsp3) is 0.444. The van der Waals surface area contributed by atoms with Crippen LogP contribution < -0.4 is 20.1 Å². The van der Waals surface area contributed by atoms with E-state index < -0.39 is 0 Å². The Bertz CT molecular complexity index is 716. The summed E-state index contributed by atoms with van der Waals surface area (Å²) in [5, 5.41) is 10.3. The van der Waals surface area contributed by atoms with E-state index in [0.29, 0.717) is 25.4 Å². The average molecular weight is 344 g/mol. The van der Waals surface area contributed by atoms with E-state index in [2.05, 4.69) is 15.7 Å². The van der Waals surface area contributed by atoms with Gasteiger partial charge in [0, 0.05) is 12.7 Å². The normalized spacial score (nSPS) is 17.1. The molecule has 0 bridgehead atoms. The van der Waals surface area contributed by atoms with Gasteiger partial charge in [-0.05, 0) is 31.5 Å². The van der Waals surface area contributed by atoms with Gasteiger partial charge in [-0.1, -0.05) is 12.1 Å². The van der Waals surface area contributed by atoms with Crippen LogP contribution in [-0.4, -0.2) is 47.5 Å². The number of benzene rings is 1. The maximum atomic E-state index is 12.2. The van der Waals surface area contributed by atoms with E-state index in [0.717, 1.165) is 17.9 Å². The Morgan fingerprint density at radius 3 is 2.96 bits per heavy atom. The fourth-order valence-electron chi connectivity index (χ4n) is 2.61. The number of nitrogens with one attached hydrogen (secondary N) is 2. The molecule has 0 saturated carbocycles. The van der Waals surface area contributed by atoms with Crippen molar-refractivity contribution in [3.63, 3.8) is 0 Å². The molecule has 7 heteroatoms. The Morgan fingerprint density at radius 1 is 1.40 bits per heavy atom. The van der Waals surface area contributed by atoms with Crippen LogP contribution in [0.3, 0.4) is 0 Å². The molecule has 1 aliphatic rings. The summed E-state index contributed by atoms with van der Waals surface area (Å²) in [7, 11) is 0. The van der Waals surface area contributed by atoms with Crippen molar-refractivity contribution in [1.29, 1.82) is 0 Å². The summed E-state index contributed by atoms with van der Waals surface area (Å²) in [5.74, 6) is 1.40. The van der Waals surface area contributed by atoms with Gasteiger partial charge in [-0.15, -0.1) is 0 Å². The van der Waals surface area contributed by atoms with E-state index in [-0.39, 0.29) is 18.1 Å². The van der Waals surface area contributed by atoms with Gasteiger partial charge in [0.1, 0.15) is 12.7 Å². The van der Waals surface area contributed by atoms with Crippen LogP contribution in [0.2, 0.25) is 0 Å². The van der Waals surface area contributed by atoms with Crippen LogP contribution in [0.4, 0.5) is 0 Å². The number of hydrogen-bond donors (Lipinski definition) is 2. The van der Waals surface area contributed by atoms with E-state index in [9.17, 15) is 4.79 Å². The highest BCUT2D eigenvalue weighted by Gasteiger charge is 2.22. The highest BCUT2D eigenvalue weighted by molar-refractivity contribution is 5.81. The van der Waals surface area contributed by atoms with Crippen LogP contribution in [0, 0.1) is 6.92 Å². The fourth-order valence-corrected chi connectivity index (χ4v) is 2.61. The number of hydrogen-bond acceptors (Lipinski definition) is 5. The van der Waals surface area contributed by atoms with Crippen LogP contribution in [0.1, 0.15) is 12.5 Å². The second-order valence-electron chi connectivity index (χ2n) is 6.20. The Hall–Kier alpha value is -2.54. The van der Waals surface area contributed by atoms with Crippen molar-refractivity contribution in [3.05, 3.63) is 42.2 Å². The van der Waals surface area contributed by atoms with Crippen LogP contribution in [0.5, 0.6) is 11.5 Å². The number of carbonyl (C=O) groups excluding carboxylic acids is 1. The Labute approximate surface area is 147 Å². The first-order chi connectivity index (χ1) is 12.1. The van der Waals surface area contributed by atoms with Gasteiger partial charge in [0.2, 0.25) is 5.91 Å². The summed E-state index contributed by atoms with van der Waals surface area (Å²) >= 11 is 0. The molecule has 7 nitrogen and oxygen atoms in total. The van der Waals surface area contributed by atoms with Gasteiger partial charge in [0.25, 0.3) is 0 Å². The summed E-state index contributed by atoms with van der Waals surface area (Å²) in [5.41, 5.74) is 1.13. The predicted molar refractivity (Wildman–Crippen MR) is 93.8 cm³/mol. The van der Waals surface area contributed by atoms with Gasteiger partial charge >= 0.3 is 0 Å². The van der Waals surface area contributed by atoms with Gasteiger partial charge in [-0.3, -0.25) is 9.48 Å². The lowest BCUT2D eigenvalue weighted by Gasteiger charge is -2.27. The number of aryl methyl sites for hydroxylation is 1. The van der Waals surface area contributed by atoms with Crippen molar-refractivity contribution in [2.24, 2.45) is 0 Å². The summed E-state index contributed by atoms with van der Waals surface area (Å²) in [6.45, 7) is 6.09. The SMILES string of the molecule is Cc1cnn(CCN[C@H](C)C(=O)NC[C@@H]2COc3ccccc3O2)c1. The zero-order valence-electron chi connectivity index (χ0n) is 14.6. The second-order valence-corrected chi connectivity index (χ2v) is 6.20. The summed E-state index contributed by atoms with van der Waals surface area (Å²) in [4.78, 5) is 12.2. The summed E-state index contributed by atoms with van der Waals surface area (Å²) in [6.07, 6.45) is 3.61. The minimum Gasteiger partial charge on any atom is -0.486 e. The van der Waals surface area contributed by atoms with Gasteiger partial charge in [-0.2, -0.15) is 5.10 Å². The number of rotatable bonds is 7. The number of ether oxygens (including phenoxy) is 2. The summed E-state index contributed by atoms with van der Waals surface area (Å²) < 4.78 is 13.3. The molecule has 0 radical (unpaired) electrons. The lowest BCUT2D eigenvalue weighted by molar-refractivity contribution is -0.123. The van der Waals surface area contributed by atoms with Crippen LogP contribution in [0.25, 0.3) is 0 Å². The zero-order valence-corrected chi connectivity index (χ0v) is 14.6. The number of amides is 1. The van der Waals surface area contributed by atoms with Crippen molar-refractivity contribution in [3.8, 4) is 11.5 Å². The molecule has 1 aromatic carbocycles. The van der Waals surface area contributed by atoms with Crippen molar-refractivity contribution in [2.45, 2.75) is 32.5 Å². The minimum atomic E-state index is -0.284. The van der Waals surface area contributed by atoms with Crippen LogP contribution in [-0.2, 0) is 11.3 Å². The number of fused-ring (bicyclic) bond motifs is 1. The maximum Gasteiger partial charge on any atom is 0.236 e. The van der Waals surface area contributed by atoms with E-state index in [4.69, 9.17) is 9.47 Å². The highest BCUT2D eigenvalue weighted by atomic mass is 16.6.